The number of urea groups is 1. The van der Waals surface area contributed by atoms with Gasteiger partial charge in [-0.05, 0) is 30.4 Å². The van der Waals surface area contributed by atoms with E-state index in [9.17, 15) is 9.59 Å². The molecule has 0 aliphatic carbocycles. The average Bonchev–Trinajstić information content (AvgIpc) is 2.91. The molecular weight excluding hydrogens is 250 g/mol. The molecule has 0 bridgehead atoms. The van der Waals surface area contributed by atoms with Crippen LogP contribution in [-0.2, 0) is 4.79 Å². The van der Waals surface area contributed by atoms with Gasteiger partial charge in [0.1, 0.15) is 0 Å². The second-order valence-corrected chi connectivity index (χ2v) is 5.23. The Hall–Kier alpha value is -1.56. The zero-order chi connectivity index (χ0) is 13.0. The molecule has 6 heteroatoms. The highest BCUT2D eigenvalue weighted by molar-refractivity contribution is 7.14. The van der Waals surface area contributed by atoms with Gasteiger partial charge < -0.3 is 10.2 Å². The predicted octanol–water partition coefficient (Wildman–Crippen LogP) is 1.74. The normalized spacial score (nSPS) is 16.4. The van der Waals surface area contributed by atoms with E-state index < -0.39 is 0 Å². The van der Waals surface area contributed by atoms with E-state index in [-0.39, 0.29) is 17.9 Å². The summed E-state index contributed by atoms with van der Waals surface area (Å²) in [7, 11) is 1.65. The molecule has 1 aromatic heterocycles. The lowest BCUT2D eigenvalue weighted by Gasteiger charge is -2.30. The van der Waals surface area contributed by atoms with Gasteiger partial charge in [0.15, 0.2) is 0 Å². The number of amides is 3. The van der Waals surface area contributed by atoms with Crippen molar-refractivity contribution in [1.82, 2.24) is 10.2 Å². The predicted molar refractivity (Wildman–Crippen MR) is 71.7 cm³/mol. The third-order valence-corrected chi connectivity index (χ3v) is 3.94. The molecule has 0 saturated carbocycles. The van der Waals surface area contributed by atoms with Crippen LogP contribution >= 0.6 is 11.3 Å². The summed E-state index contributed by atoms with van der Waals surface area (Å²) >= 11 is 1.50. The molecule has 18 heavy (non-hydrogen) atoms. The number of carbonyl (C=O) groups excluding carboxylic acids is 2. The fraction of sp³-hybridized carbons (Fsp3) is 0.500. The summed E-state index contributed by atoms with van der Waals surface area (Å²) < 4.78 is 0. The standard InChI is InChI=1S/C12H17N3O2S/c1-13-11(16)9-4-6-15(7-5-9)12(17)14-10-3-2-8-18-10/h2-3,8-9H,4-7H2,1H3,(H,13,16)(H,14,17). The van der Waals surface area contributed by atoms with E-state index in [1.165, 1.54) is 11.3 Å². The molecule has 3 amide bonds. The van der Waals surface area contributed by atoms with E-state index in [2.05, 4.69) is 10.6 Å². The summed E-state index contributed by atoms with van der Waals surface area (Å²) in [5.41, 5.74) is 0. The quantitative estimate of drug-likeness (QED) is 0.857. The van der Waals surface area contributed by atoms with Crippen molar-refractivity contribution in [3.8, 4) is 0 Å². The van der Waals surface area contributed by atoms with Crippen LogP contribution in [0.4, 0.5) is 9.80 Å². The number of rotatable bonds is 2. The Kier molecular flexibility index (Phi) is 4.19. The maximum absolute atomic E-state index is 11.9. The first-order valence-corrected chi connectivity index (χ1v) is 6.89. The number of anilines is 1. The highest BCUT2D eigenvalue weighted by Gasteiger charge is 2.26. The molecule has 5 nitrogen and oxygen atoms in total. The third-order valence-electron chi connectivity index (χ3n) is 3.15. The average molecular weight is 267 g/mol. The maximum Gasteiger partial charge on any atom is 0.322 e. The number of nitrogens with zero attached hydrogens (tertiary/aromatic N) is 1. The number of likely N-dealkylation sites (tertiary alicyclic amines) is 1. The highest BCUT2D eigenvalue weighted by atomic mass is 32.1. The van der Waals surface area contributed by atoms with Crippen LogP contribution in [0.1, 0.15) is 12.8 Å². The first-order chi connectivity index (χ1) is 8.70. The molecule has 1 saturated heterocycles. The van der Waals surface area contributed by atoms with Gasteiger partial charge in [-0.25, -0.2) is 4.79 Å². The SMILES string of the molecule is CNC(=O)C1CCN(C(=O)Nc2cccs2)CC1. The summed E-state index contributed by atoms with van der Waals surface area (Å²) in [5.74, 6) is 0.120. The minimum absolute atomic E-state index is 0.0424. The van der Waals surface area contributed by atoms with Gasteiger partial charge in [-0.1, -0.05) is 0 Å². The molecule has 0 radical (unpaired) electrons. The van der Waals surface area contributed by atoms with Gasteiger partial charge >= 0.3 is 6.03 Å². The minimum atomic E-state index is -0.0761. The Bertz CT molecular complexity index is 411. The fourth-order valence-electron chi connectivity index (χ4n) is 2.08. The van der Waals surface area contributed by atoms with Gasteiger partial charge in [-0.15, -0.1) is 11.3 Å². The first kappa shape index (κ1) is 12.9. The van der Waals surface area contributed by atoms with Crippen molar-refractivity contribution < 1.29 is 9.59 Å². The van der Waals surface area contributed by atoms with Crippen LogP contribution < -0.4 is 10.6 Å². The largest absolute Gasteiger partial charge is 0.359 e. The highest BCUT2D eigenvalue weighted by Crippen LogP contribution is 2.20. The molecule has 0 aromatic carbocycles. The van der Waals surface area contributed by atoms with E-state index in [0.29, 0.717) is 13.1 Å². The van der Waals surface area contributed by atoms with Gasteiger partial charge in [0, 0.05) is 26.1 Å². The molecule has 0 unspecified atom stereocenters. The topological polar surface area (TPSA) is 61.4 Å². The van der Waals surface area contributed by atoms with Crippen molar-refractivity contribution in [1.29, 1.82) is 0 Å². The molecule has 1 aromatic rings. The van der Waals surface area contributed by atoms with Gasteiger partial charge in [0.2, 0.25) is 5.91 Å². The Morgan fingerprint density at radius 3 is 2.67 bits per heavy atom. The minimum Gasteiger partial charge on any atom is -0.359 e. The van der Waals surface area contributed by atoms with Gasteiger partial charge in [-0.2, -0.15) is 0 Å². The molecule has 0 atom stereocenters. The summed E-state index contributed by atoms with van der Waals surface area (Å²) in [6.07, 6.45) is 1.47. The number of hydrogen-bond acceptors (Lipinski definition) is 3. The fourth-order valence-corrected chi connectivity index (χ4v) is 2.69. The van der Waals surface area contributed by atoms with Crippen molar-refractivity contribution in [2.75, 3.05) is 25.5 Å². The molecular formula is C12H17N3O2S. The molecule has 1 fully saturated rings. The van der Waals surface area contributed by atoms with Crippen molar-refractivity contribution >= 4 is 28.3 Å². The van der Waals surface area contributed by atoms with E-state index >= 15 is 0 Å². The first-order valence-electron chi connectivity index (χ1n) is 6.01. The van der Waals surface area contributed by atoms with Crippen LogP contribution in [0.5, 0.6) is 0 Å². The number of nitrogens with one attached hydrogen (secondary N) is 2. The summed E-state index contributed by atoms with van der Waals surface area (Å²) in [4.78, 5) is 25.2. The van der Waals surface area contributed by atoms with Crippen molar-refractivity contribution in [2.45, 2.75) is 12.8 Å². The van der Waals surface area contributed by atoms with Crippen LogP contribution in [0.15, 0.2) is 17.5 Å². The monoisotopic (exact) mass is 267 g/mol. The molecule has 2 N–H and O–H groups in total. The van der Waals surface area contributed by atoms with Crippen molar-refractivity contribution in [3.05, 3.63) is 17.5 Å². The Balaban J connectivity index is 1.82. The molecule has 1 aliphatic rings. The molecule has 2 rings (SSSR count). The number of piperidine rings is 1. The lowest BCUT2D eigenvalue weighted by atomic mass is 9.96. The third kappa shape index (κ3) is 3.01. The Morgan fingerprint density at radius 1 is 1.39 bits per heavy atom. The van der Waals surface area contributed by atoms with Crippen LogP contribution in [0.3, 0.4) is 0 Å². The van der Waals surface area contributed by atoms with Crippen LogP contribution in [0.25, 0.3) is 0 Å². The Labute approximate surface area is 110 Å². The molecule has 98 valence electrons. The van der Waals surface area contributed by atoms with E-state index in [0.717, 1.165) is 17.8 Å². The van der Waals surface area contributed by atoms with Crippen LogP contribution in [0, 0.1) is 5.92 Å². The van der Waals surface area contributed by atoms with Crippen molar-refractivity contribution in [3.63, 3.8) is 0 Å². The second kappa shape index (κ2) is 5.86. The summed E-state index contributed by atoms with van der Waals surface area (Å²) in [6.45, 7) is 1.27. The van der Waals surface area contributed by atoms with Gasteiger partial charge in [-0.3, -0.25) is 10.1 Å². The van der Waals surface area contributed by atoms with Crippen LogP contribution in [-0.4, -0.2) is 37.0 Å². The zero-order valence-electron chi connectivity index (χ0n) is 10.3. The second-order valence-electron chi connectivity index (χ2n) is 4.28. The lowest BCUT2D eigenvalue weighted by molar-refractivity contribution is -0.125. The van der Waals surface area contributed by atoms with Crippen molar-refractivity contribution in [2.24, 2.45) is 5.92 Å². The summed E-state index contributed by atoms with van der Waals surface area (Å²) in [5, 5.41) is 8.29. The maximum atomic E-state index is 11.9. The number of thiophene rings is 1. The van der Waals surface area contributed by atoms with Gasteiger partial charge in [0.05, 0.1) is 5.00 Å². The van der Waals surface area contributed by atoms with E-state index in [1.54, 1.807) is 11.9 Å². The zero-order valence-corrected chi connectivity index (χ0v) is 11.1. The molecule has 0 spiro atoms. The van der Waals surface area contributed by atoms with E-state index in [4.69, 9.17) is 0 Å². The Morgan fingerprint density at radius 2 is 2.11 bits per heavy atom. The number of hydrogen-bond donors (Lipinski definition) is 2. The smallest absolute Gasteiger partial charge is 0.322 e. The number of carbonyl (C=O) groups is 2. The van der Waals surface area contributed by atoms with Crippen LogP contribution in [0.2, 0.25) is 0 Å². The molecule has 2 heterocycles. The molecule has 1 aliphatic heterocycles. The summed E-state index contributed by atoms with van der Waals surface area (Å²) in [6, 6.07) is 3.70. The van der Waals surface area contributed by atoms with E-state index in [1.807, 2.05) is 17.5 Å². The van der Waals surface area contributed by atoms with Gasteiger partial charge in [0.25, 0.3) is 0 Å². The lowest BCUT2D eigenvalue weighted by Crippen LogP contribution is -2.44.